The van der Waals surface area contributed by atoms with Crippen LogP contribution in [0, 0.1) is 5.82 Å². The number of halogens is 1. The third kappa shape index (κ3) is 7.53. The van der Waals surface area contributed by atoms with Crippen molar-refractivity contribution in [2.75, 3.05) is 26.5 Å². The largest absolute Gasteiger partial charge is 0.530 e. The first-order valence-corrected chi connectivity index (χ1v) is 16.5. The van der Waals surface area contributed by atoms with Crippen molar-refractivity contribution in [3.8, 4) is 5.75 Å². The molecule has 3 aromatic carbocycles. The molecule has 4 rings (SSSR count). The minimum atomic E-state index is -1.21. The molecule has 0 aromatic heterocycles. The molecule has 8 heteroatoms. The number of carbonyl (C=O) groups excluding carboxylic acids is 1. The predicted molar refractivity (Wildman–Crippen MR) is 143 cm³/mol. The van der Waals surface area contributed by atoms with E-state index in [4.69, 9.17) is 14.2 Å². The van der Waals surface area contributed by atoms with Crippen LogP contribution in [0.4, 0.5) is 9.18 Å². The standard InChI is InChI=1S/C29H36FNO5Si/c1-37(2,3)15-14-34-20-36-27-17-23-7-5-4-6-22(23)16-24(27)19-35-28-18-31(29(32)33)13-12-26(28)21-8-10-25(30)11-9-21/h4-11,16-17,26,28H,12-15,18-20H2,1-3H3,(H,32,33)/p-1. The van der Waals surface area contributed by atoms with E-state index in [-0.39, 0.29) is 31.7 Å². The van der Waals surface area contributed by atoms with Crippen LogP contribution in [0.3, 0.4) is 0 Å². The Kier molecular flexibility index (Phi) is 8.84. The molecule has 2 atom stereocenters. The molecular weight excluding hydrogens is 489 g/mol. The molecule has 0 saturated carbocycles. The normalized spacial score (nSPS) is 18.2. The lowest BCUT2D eigenvalue weighted by Gasteiger charge is -2.40. The molecule has 1 fully saturated rings. The molecule has 2 unspecified atom stereocenters. The van der Waals surface area contributed by atoms with Gasteiger partial charge in [0.1, 0.15) is 17.7 Å². The van der Waals surface area contributed by atoms with Crippen molar-refractivity contribution >= 4 is 24.9 Å². The Morgan fingerprint density at radius 2 is 1.78 bits per heavy atom. The molecular formula is C29H35FNO5Si-. The lowest BCUT2D eigenvalue weighted by atomic mass is 9.87. The zero-order valence-electron chi connectivity index (χ0n) is 21.7. The first-order chi connectivity index (χ1) is 17.7. The number of rotatable bonds is 10. The Labute approximate surface area is 219 Å². The number of hydrogen-bond donors (Lipinski definition) is 0. The summed E-state index contributed by atoms with van der Waals surface area (Å²) in [5.74, 6) is 0.307. The van der Waals surface area contributed by atoms with Gasteiger partial charge in [-0.15, -0.1) is 0 Å². The van der Waals surface area contributed by atoms with Gasteiger partial charge >= 0.3 is 0 Å². The van der Waals surface area contributed by atoms with Gasteiger partial charge in [0.05, 0.1) is 12.7 Å². The van der Waals surface area contributed by atoms with E-state index in [1.54, 1.807) is 12.1 Å². The van der Waals surface area contributed by atoms with Crippen molar-refractivity contribution in [3.63, 3.8) is 0 Å². The highest BCUT2D eigenvalue weighted by Gasteiger charge is 2.31. The summed E-state index contributed by atoms with van der Waals surface area (Å²) in [7, 11) is -1.19. The number of carbonyl (C=O) groups is 1. The smallest absolute Gasteiger partial charge is 0.189 e. The number of ether oxygens (including phenoxy) is 3. The number of likely N-dealkylation sites (tertiary alicyclic amines) is 1. The van der Waals surface area contributed by atoms with Crippen LogP contribution in [-0.2, 0) is 16.1 Å². The lowest BCUT2D eigenvalue weighted by Crippen LogP contribution is -2.51. The third-order valence-corrected chi connectivity index (χ3v) is 8.50. The molecule has 1 aliphatic heterocycles. The number of nitrogens with zero attached hydrogens (tertiary/aromatic N) is 1. The molecule has 0 N–H and O–H groups in total. The summed E-state index contributed by atoms with van der Waals surface area (Å²) in [4.78, 5) is 12.8. The van der Waals surface area contributed by atoms with E-state index in [9.17, 15) is 14.3 Å². The number of hydrogen-bond acceptors (Lipinski definition) is 5. The van der Waals surface area contributed by atoms with Crippen molar-refractivity contribution in [1.82, 2.24) is 4.90 Å². The molecule has 1 amide bonds. The van der Waals surface area contributed by atoms with Gasteiger partial charge in [-0.2, -0.15) is 0 Å². The Bertz CT molecular complexity index is 1200. The summed E-state index contributed by atoms with van der Waals surface area (Å²) in [5, 5.41) is 13.7. The van der Waals surface area contributed by atoms with Gasteiger partial charge in [0.2, 0.25) is 0 Å². The molecule has 0 bridgehead atoms. The van der Waals surface area contributed by atoms with E-state index < -0.39 is 20.3 Å². The van der Waals surface area contributed by atoms with Crippen molar-refractivity contribution in [3.05, 3.63) is 77.6 Å². The molecule has 1 aliphatic rings. The minimum absolute atomic E-state index is 0.0640. The van der Waals surface area contributed by atoms with Gasteiger partial charge in [0.25, 0.3) is 0 Å². The Morgan fingerprint density at radius 1 is 1.08 bits per heavy atom. The maximum Gasteiger partial charge on any atom is 0.189 e. The fourth-order valence-corrected chi connectivity index (χ4v) is 5.35. The molecule has 1 heterocycles. The summed E-state index contributed by atoms with van der Waals surface area (Å²) >= 11 is 0. The van der Waals surface area contributed by atoms with Crippen LogP contribution < -0.4 is 9.84 Å². The Hall–Kier alpha value is -2.94. The highest BCUT2D eigenvalue weighted by Crippen LogP contribution is 2.33. The highest BCUT2D eigenvalue weighted by atomic mass is 28.3. The van der Waals surface area contributed by atoms with E-state index in [1.807, 2.05) is 36.4 Å². The molecule has 0 radical (unpaired) electrons. The maximum atomic E-state index is 13.5. The Morgan fingerprint density at radius 3 is 2.46 bits per heavy atom. The lowest BCUT2D eigenvalue weighted by molar-refractivity contribution is -0.268. The fourth-order valence-electron chi connectivity index (χ4n) is 4.60. The van der Waals surface area contributed by atoms with Crippen LogP contribution in [0.1, 0.15) is 23.5 Å². The molecule has 0 spiro atoms. The summed E-state index contributed by atoms with van der Waals surface area (Å²) < 4.78 is 31.7. The van der Waals surface area contributed by atoms with E-state index in [0.29, 0.717) is 25.3 Å². The minimum Gasteiger partial charge on any atom is -0.530 e. The zero-order valence-corrected chi connectivity index (χ0v) is 22.7. The Balaban J connectivity index is 1.51. The van der Waals surface area contributed by atoms with E-state index in [0.717, 1.165) is 27.9 Å². The van der Waals surface area contributed by atoms with Gasteiger partial charge in [-0.3, -0.25) is 0 Å². The summed E-state index contributed by atoms with van der Waals surface area (Å²) in [6.45, 7) is 8.51. The van der Waals surface area contributed by atoms with Crippen LogP contribution >= 0.6 is 0 Å². The number of fused-ring (bicyclic) bond motifs is 1. The average Bonchev–Trinajstić information content (AvgIpc) is 2.86. The highest BCUT2D eigenvalue weighted by molar-refractivity contribution is 6.76. The molecule has 1 saturated heterocycles. The SMILES string of the molecule is C[Si](C)(C)CCOCOc1cc2ccccc2cc1COC1CN(C(=O)[O-])CCC1c1ccc(F)cc1. The second-order valence-corrected chi connectivity index (χ2v) is 16.4. The number of amides is 1. The molecule has 6 nitrogen and oxygen atoms in total. The quantitative estimate of drug-likeness (QED) is 0.202. The maximum absolute atomic E-state index is 13.5. The first kappa shape index (κ1) is 27.1. The summed E-state index contributed by atoms with van der Waals surface area (Å²) in [6.07, 6.45) is -1.06. The summed E-state index contributed by atoms with van der Waals surface area (Å²) in [5.41, 5.74) is 1.78. The predicted octanol–water partition coefficient (Wildman–Crippen LogP) is 5.39. The zero-order chi connectivity index (χ0) is 26.4. The molecule has 0 aliphatic carbocycles. The van der Waals surface area contributed by atoms with Crippen LogP contribution in [0.2, 0.25) is 25.7 Å². The molecule has 37 heavy (non-hydrogen) atoms. The van der Waals surface area contributed by atoms with Gasteiger partial charge in [-0.05, 0) is 53.1 Å². The van der Waals surface area contributed by atoms with Gasteiger partial charge < -0.3 is 29.0 Å². The van der Waals surface area contributed by atoms with Crippen molar-refractivity contribution in [2.45, 2.75) is 50.7 Å². The topological polar surface area (TPSA) is 71.1 Å². The van der Waals surface area contributed by atoms with Crippen molar-refractivity contribution in [1.29, 1.82) is 0 Å². The number of piperidine rings is 1. The van der Waals surface area contributed by atoms with Crippen molar-refractivity contribution < 1.29 is 28.5 Å². The molecule has 3 aromatic rings. The van der Waals surface area contributed by atoms with Crippen LogP contribution in [0.25, 0.3) is 10.8 Å². The summed E-state index contributed by atoms with van der Waals surface area (Å²) in [6, 6.07) is 19.5. The number of benzene rings is 3. The van der Waals surface area contributed by atoms with Crippen LogP contribution in [0.5, 0.6) is 5.75 Å². The van der Waals surface area contributed by atoms with Gasteiger partial charge in [0.15, 0.2) is 6.79 Å². The van der Waals surface area contributed by atoms with Gasteiger partial charge in [-0.25, -0.2) is 4.39 Å². The first-order valence-electron chi connectivity index (χ1n) is 12.7. The van der Waals surface area contributed by atoms with E-state index >= 15 is 0 Å². The van der Waals surface area contributed by atoms with E-state index in [1.165, 1.54) is 17.0 Å². The second-order valence-electron chi connectivity index (χ2n) is 10.8. The second kappa shape index (κ2) is 12.1. The van der Waals surface area contributed by atoms with Gasteiger partial charge in [-0.1, -0.05) is 56.0 Å². The number of carboxylic acid groups (broad SMARTS) is 1. The molecule has 198 valence electrons. The third-order valence-electron chi connectivity index (χ3n) is 6.79. The average molecular weight is 525 g/mol. The van der Waals surface area contributed by atoms with Gasteiger partial charge in [0, 0.05) is 39.3 Å². The van der Waals surface area contributed by atoms with Crippen molar-refractivity contribution in [2.24, 2.45) is 0 Å². The van der Waals surface area contributed by atoms with E-state index in [2.05, 4.69) is 19.6 Å². The van der Waals surface area contributed by atoms with Crippen LogP contribution in [0.15, 0.2) is 60.7 Å². The monoisotopic (exact) mass is 524 g/mol. The van der Waals surface area contributed by atoms with Crippen LogP contribution in [-0.4, -0.2) is 51.7 Å². The fraction of sp³-hybridized carbons (Fsp3) is 0.414.